The van der Waals surface area contributed by atoms with E-state index in [1.54, 1.807) is 0 Å². The van der Waals surface area contributed by atoms with Crippen molar-refractivity contribution in [3.8, 4) is 0 Å². The number of nitrogens with one attached hydrogen (secondary N) is 2. The summed E-state index contributed by atoms with van der Waals surface area (Å²) in [5, 5.41) is 11.9. The van der Waals surface area contributed by atoms with Crippen LogP contribution in [0.4, 0.5) is 5.69 Å². The maximum atomic E-state index is 12.0. The lowest BCUT2D eigenvalue weighted by Crippen LogP contribution is -2.29. The number of hydrogen-bond donors (Lipinski definition) is 2. The van der Waals surface area contributed by atoms with Gasteiger partial charge in [0.05, 0.1) is 6.54 Å². The molecule has 22 heavy (non-hydrogen) atoms. The second-order valence-electron chi connectivity index (χ2n) is 4.15. The number of carbonyl (C=O) groups is 2. The zero-order valence-corrected chi connectivity index (χ0v) is 11.9. The number of amides is 2. The fourth-order valence-electron chi connectivity index (χ4n) is 1.64. The lowest BCUT2D eigenvalue weighted by Gasteiger charge is -2.07. The van der Waals surface area contributed by atoms with Crippen molar-refractivity contribution in [1.29, 1.82) is 0 Å². The molecule has 114 valence electrons. The van der Waals surface area contributed by atoms with Crippen molar-refractivity contribution in [1.82, 2.24) is 10.6 Å². The van der Waals surface area contributed by atoms with Crippen LogP contribution in [0, 0.1) is 0 Å². The van der Waals surface area contributed by atoms with E-state index in [1.165, 1.54) is 25.2 Å². The number of nitrogens with zero attached hydrogens (tertiary/aromatic N) is 6. The Kier molecular flexibility index (Phi) is 6.77. The van der Waals surface area contributed by atoms with E-state index in [-0.39, 0.29) is 36.7 Å². The van der Waals surface area contributed by atoms with Crippen molar-refractivity contribution in [2.75, 3.05) is 13.6 Å². The van der Waals surface area contributed by atoms with Gasteiger partial charge in [0, 0.05) is 41.1 Å². The molecule has 0 saturated heterocycles. The number of benzene rings is 1. The predicted molar refractivity (Wildman–Crippen MR) is 79.1 cm³/mol. The molecule has 2 amide bonds. The van der Waals surface area contributed by atoms with Crippen LogP contribution in [0.3, 0.4) is 0 Å². The molecule has 0 radical (unpaired) electrons. The smallest absolute Gasteiger partial charge is 0.251 e. The predicted octanol–water partition coefficient (Wildman–Crippen LogP) is 2.30. The van der Waals surface area contributed by atoms with Gasteiger partial charge in [-0.05, 0) is 34.8 Å². The summed E-state index contributed by atoms with van der Waals surface area (Å²) in [4.78, 5) is 28.4. The molecule has 1 aromatic carbocycles. The van der Waals surface area contributed by atoms with Gasteiger partial charge in [-0.2, -0.15) is 0 Å². The van der Waals surface area contributed by atoms with E-state index in [1.807, 2.05) is 0 Å². The summed E-state index contributed by atoms with van der Waals surface area (Å²) in [6.07, 6.45) is 0.157. The molecule has 0 aromatic heterocycles. The lowest BCUT2D eigenvalue weighted by atomic mass is 10.1. The van der Waals surface area contributed by atoms with Gasteiger partial charge in [-0.3, -0.25) is 9.59 Å². The van der Waals surface area contributed by atoms with Gasteiger partial charge >= 0.3 is 0 Å². The second kappa shape index (κ2) is 8.85. The van der Waals surface area contributed by atoms with Gasteiger partial charge < -0.3 is 10.6 Å². The third-order valence-corrected chi connectivity index (χ3v) is 2.63. The molecule has 0 aliphatic heterocycles. The molecule has 10 nitrogen and oxygen atoms in total. The van der Waals surface area contributed by atoms with Crippen LogP contribution < -0.4 is 10.6 Å². The van der Waals surface area contributed by atoms with Gasteiger partial charge in [0.2, 0.25) is 5.91 Å². The van der Waals surface area contributed by atoms with Gasteiger partial charge in [0.25, 0.3) is 5.91 Å². The average molecular weight is 302 g/mol. The Bertz CT molecular complexity index is 659. The van der Waals surface area contributed by atoms with E-state index >= 15 is 0 Å². The van der Waals surface area contributed by atoms with Crippen LogP contribution in [-0.2, 0) is 11.3 Å². The Morgan fingerprint density at radius 2 is 2.00 bits per heavy atom. The molecule has 0 fully saturated rings. The molecule has 1 aromatic rings. The maximum Gasteiger partial charge on any atom is 0.251 e. The van der Waals surface area contributed by atoms with Crippen molar-refractivity contribution in [2.24, 2.45) is 10.2 Å². The van der Waals surface area contributed by atoms with Crippen molar-refractivity contribution in [3.05, 3.63) is 50.2 Å². The molecule has 0 spiro atoms. The van der Waals surface area contributed by atoms with E-state index in [4.69, 9.17) is 11.1 Å². The van der Waals surface area contributed by atoms with Crippen LogP contribution in [0.1, 0.15) is 22.3 Å². The first-order chi connectivity index (χ1) is 10.6. The van der Waals surface area contributed by atoms with E-state index < -0.39 is 5.91 Å². The fourth-order valence-corrected chi connectivity index (χ4v) is 1.64. The van der Waals surface area contributed by atoms with E-state index in [0.29, 0.717) is 5.56 Å². The summed E-state index contributed by atoms with van der Waals surface area (Å²) in [5.74, 6) is -0.603. The van der Waals surface area contributed by atoms with Crippen LogP contribution in [0.25, 0.3) is 20.9 Å². The van der Waals surface area contributed by atoms with Crippen molar-refractivity contribution in [3.63, 3.8) is 0 Å². The molecule has 0 heterocycles. The number of carbonyl (C=O) groups excluding carboxylic acids is 2. The third kappa shape index (κ3) is 5.41. The highest BCUT2D eigenvalue weighted by atomic mass is 16.2. The molecular formula is C12H14N8O2. The van der Waals surface area contributed by atoms with Crippen molar-refractivity contribution in [2.45, 2.75) is 13.0 Å². The van der Waals surface area contributed by atoms with Crippen LogP contribution >= 0.6 is 0 Å². The quantitative estimate of drug-likeness (QED) is 0.450. The zero-order valence-electron chi connectivity index (χ0n) is 11.9. The van der Waals surface area contributed by atoms with Crippen molar-refractivity contribution >= 4 is 17.5 Å². The SMILES string of the molecule is CNC(=O)CCNC(=O)c1cc(CN=[N+]=[N-])cc(N=[N+]=[N-])c1. The first-order valence-corrected chi connectivity index (χ1v) is 6.29. The monoisotopic (exact) mass is 302 g/mol. The highest BCUT2D eigenvalue weighted by molar-refractivity contribution is 5.95. The number of hydrogen-bond acceptors (Lipinski definition) is 4. The Morgan fingerprint density at radius 1 is 1.23 bits per heavy atom. The first-order valence-electron chi connectivity index (χ1n) is 6.29. The summed E-state index contributed by atoms with van der Waals surface area (Å²) in [6.45, 7) is 0.208. The molecule has 0 aliphatic carbocycles. The Balaban J connectivity index is 2.88. The standard InChI is InChI=1S/C12H14N8O2/c1-15-11(21)2-3-16-12(22)9-4-8(7-17-19-13)5-10(6-9)18-20-14/h4-6H,2-3,7H2,1H3,(H,15,21)(H,16,22). The minimum Gasteiger partial charge on any atom is -0.359 e. The molecule has 10 heteroatoms. The summed E-state index contributed by atoms with van der Waals surface area (Å²) in [7, 11) is 1.51. The molecule has 0 saturated carbocycles. The molecule has 0 aliphatic rings. The largest absolute Gasteiger partial charge is 0.359 e. The van der Waals surface area contributed by atoms with Crippen LogP contribution in [0.5, 0.6) is 0 Å². The molecule has 2 N–H and O–H groups in total. The first kappa shape index (κ1) is 16.8. The fraction of sp³-hybridized carbons (Fsp3) is 0.333. The maximum absolute atomic E-state index is 12.0. The van der Waals surface area contributed by atoms with E-state index in [2.05, 4.69) is 30.7 Å². The van der Waals surface area contributed by atoms with Crippen LogP contribution in [-0.4, -0.2) is 25.4 Å². The van der Waals surface area contributed by atoms with Crippen LogP contribution in [0.2, 0.25) is 0 Å². The van der Waals surface area contributed by atoms with Crippen LogP contribution in [0.15, 0.2) is 28.4 Å². The van der Waals surface area contributed by atoms with Gasteiger partial charge in [-0.1, -0.05) is 10.2 Å². The van der Waals surface area contributed by atoms with E-state index in [0.717, 1.165) is 0 Å². The summed E-state index contributed by atoms with van der Waals surface area (Å²) >= 11 is 0. The minimum absolute atomic E-state index is 0.0316. The van der Waals surface area contributed by atoms with Gasteiger partial charge in [-0.15, -0.1) is 0 Å². The number of azide groups is 2. The van der Waals surface area contributed by atoms with Gasteiger partial charge in [-0.25, -0.2) is 0 Å². The van der Waals surface area contributed by atoms with Gasteiger partial charge in [0.15, 0.2) is 0 Å². The molecule has 0 atom stereocenters. The number of rotatable bonds is 7. The third-order valence-electron chi connectivity index (χ3n) is 2.63. The molecule has 0 unspecified atom stereocenters. The highest BCUT2D eigenvalue weighted by Crippen LogP contribution is 2.19. The minimum atomic E-state index is -0.416. The summed E-state index contributed by atoms with van der Waals surface area (Å²) in [6, 6.07) is 4.46. The molecule has 1 rings (SSSR count). The normalized spacial score (nSPS) is 9.14. The van der Waals surface area contributed by atoms with E-state index in [9.17, 15) is 9.59 Å². The highest BCUT2D eigenvalue weighted by Gasteiger charge is 2.09. The second-order valence-corrected chi connectivity index (χ2v) is 4.15. The summed E-state index contributed by atoms with van der Waals surface area (Å²) < 4.78 is 0. The van der Waals surface area contributed by atoms with Crippen molar-refractivity contribution < 1.29 is 9.59 Å². The molecular weight excluding hydrogens is 288 g/mol. The van der Waals surface area contributed by atoms with Gasteiger partial charge in [0.1, 0.15) is 0 Å². The Morgan fingerprint density at radius 3 is 2.64 bits per heavy atom. The molecule has 0 bridgehead atoms. The lowest BCUT2D eigenvalue weighted by molar-refractivity contribution is -0.120. The summed E-state index contributed by atoms with van der Waals surface area (Å²) in [5.41, 5.74) is 17.8. The Hall–Kier alpha value is -3.22. The topological polar surface area (TPSA) is 156 Å². The zero-order chi connectivity index (χ0) is 16.4. The average Bonchev–Trinajstić information content (AvgIpc) is 2.52. The Labute approximate surface area is 125 Å².